The Balaban J connectivity index is 3.17. The standard InChI is InChI=1S/C4H7As2N3/c1-2-7-3(5)9-4(6)8-2/h5-6H2,1H3. The molecule has 0 radical (unpaired) electrons. The van der Waals surface area contributed by atoms with E-state index < -0.39 is 0 Å². The molecular weight excluding hydrogens is 240 g/mol. The molecule has 0 bridgehead atoms. The maximum atomic E-state index is 4.07. The van der Waals surface area contributed by atoms with Gasteiger partial charge in [0.1, 0.15) is 0 Å². The van der Waals surface area contributed by atoms with Crippen LogP contribution in [0, 0.1) is 6.92 Å². The van der Waals surface area contributed by atoms with Crippen LogP contribution in [0.15, 0.2) is 0 Å². The molecule has 0 saturated heterocycles. The predicted octanol–water partition coefficient (Wildman–Crippen LogP) is -3.30. The van der Waals surface area contributed by atoms with E-state index in [1.54, 1.807) is 0 Å². The van der Waals surface area contributed by atoms with Crippen LogP contribution in [0.3, 0.4) is 0 Å². The molecule has 3 nitrogen and oxygen atoms in total. The van der Waals surface area contributed by atoms with Crippen molar-refractivity contribution in [2.24, 2.45) is 0 Å². The molecule has 1 aromatic heterocycles. The summed E-state index contributed by atoms with van der Waals surface area (Å²) in [4.78, 5) is 12.2. The van der Waals surface area contributed by atoms with Crippen LogP contribution in [0.2, 0.25) is 0 Å². The zero-order valence-electron chi connectivity index (χ0n) is 5.00. The minimum absolute atomic E-state index is 0.823. The van der Waals surface area contributed by atoms with Gasteiger partial charge in [0.15, 0.2) is 0 Å². The Kier molecular flexibility index (Phi) is 2.26. The van der Waals surface area contributed by atoms with Crippen molar-refractivity contribution in [2.75, 3.05) is 0 Å². The summed E-state index contributed by atoms with van der Waals surface area (Å²) < 4.78 is 1.74. The van der Waals surface area contributed by atoms with E-state index in [9.17, 15) is 0 Å². The van der Waals surface area contributed by atoms with Crippen LogP contribution in [-0.4, -0.2) is 48.7 Å². The summed E-state index contributed by atoms with van der Waals surface area (Å²) in [6, 6.07) is 0. The van der Waals surface area contributed by atoms with Gasteiger partial charge >= 0.3 is 70.6 Å². The van der Waals surface area contributed by atoms with Gasteiger partial charge in [0.05, 0.1) is 0 Å². The molecule has 1 heterocycles. The number of rotatable bonds is 0. The summed E-state index contributed by atoms with van der Waals surface area (Å²) in [5.41, 5.74) is 0. The van der Waals surface area contributed by atoms with Gasteiger partial charge in [-0.2, -0.15) is 0 Å². The second-order valence-electron chi connectivity index (χ2n) is 1.60. The number of hydrogen-bond donors (Lipinski definition) is 0. The van der Waals surface area contributed by atoms with Gasteiger partial charge in [-0.15, -0.1) is 0 Å². The van der Waals surface area contributed by atoms with E-state index in [1.165, 1.54) is 33.7 Å². The van der Waals surface area contributed by atoms with Crippen LogP contribution >= 0.6 is 0 Å². The van der Waals surface area contributed by atoms with Crippen LogP contribution in [0.25, 0.3) is 0 Å². The van der Waals surface area contributed by atoms with E-state index in [2.05, 4.69) is 15.0 Å². The molecule has 9 heavy (non-hydrogen) atoms. The van der Waals surface area contributed by atoms with Crippen molar-refractivity contribution < 1.29 is 0 Å². The van der Waals surface area contributed by atoms with Crippen molar-refractivity contribution in [1.29, 1.82) is 0 Å². The summed E-state index contributed by atoms with van der Waals surface area (Å²) in [6.07, 6.45) is 0. The van der Waals surface area contributed by atoms with Gasteiger partial charge in [-0.25, -0.2) is 0 Å². The van der Waals surface area contributed by atoms with Gasteiger partial charge in [-0.1, -0.05) is 0 Å². The molecule has 0 saturated carbocycles. The van der Waals surface area contributed by atoms with Gasteiger partial charge < -0.3 is 0 Å². The Morgan fingerprint density at radius 1 is 1.00 bits per heavy atom. The first-order valence-corrected chi connectivity index (χ1v) is 4.84. The fraction of sp³-hybridized carbons (Fsp3) is 0.250. The molecule has 1 aromatic rings. The van der Waals surface area contributed by atoms with Gasteiger partial charge in [0.25, 0.3) is 0 Å². The van der Waals surface area contributed by atoms with Crippen molar-refractivity contribution in [3.63, 3.8) is 0 Å². The van der Waals surface area contributed by atoms with Crippen LogP contribution < -0.4 is 9.22 Å². The average molecular weight is 247 g/mol. The first kappa shape index (κ1) is 7.24. The van der Waals surface area contributed by atoms with E-state index in [0.29, 0.717) is 0 Å². The Bertz CT molecular complexity index is 175. The first-order valence-electron chi connectivity index (χ1n) is 2.42. The Morgan fingerprint density at radius 2 is 1.44 bits per heavy atom. The molecule has 0 aromatic carbocycles. The van der Waals surface area contributed by atoms with Crippen molar-refractivity contribution >= 4 is 42.9 Å². The molecular formula is C4H7As2N3. The molecule has 0 N–H and O–H groups in total. The molecule has 5 heteroatoms. The Hall–Kier alpha value is 0.127. The van der Waals surface area contributed by atoms with Crippen molar-refractivity contribution in [2.45, 2.75) is 6.92 Å². The molecule has 0 spiro atoms. The maximum absolute atomic E-state index is 4.07. The molecule has 1 rings (SSSR count). The zero-order chi connectivity index (χ0) is 6.85. The van der Waals surface area contributed by atoms with Crippen molar-refractivity contribution in [3.8, 4) is 0 Å². The van der Waals surface area contributed by atoms with E-state index in [4.69, 9.17) is 0 Å². The van der Waals surface area contributed by atoms with E-state index in [0.717, 1.165) is 15.0 Å². The summed E-state index contributed by atoms with van der Waals surface area (Å²) in [7, 11) is 0. The van der Waals surface area contributed by atoms with Gasteiger partial charge in [0, 0.05) is 0 Å². The molecule has 2 atom stereocenters. The van der Waals surface area contributed by atoms with E-state index in [-0.39, 0.29) is 0 Å². The molecule has 48 valence electrons. The monoisotopic (exact) mass is 247 g/mol. The molecule has 0 aliphatic heterocycles. The number of hydrogen-bond acceptors (Lipinski definition) is 3. The topological polar surface area (TPSA) is 38.7 Å². The third kappa shape index (κ3) is 2.07. The summed E-state index contributed by atoms with van der Waals surface area (Å²) in [6.45, 7) is 1.88. The fourth-order valence-corrected chi connectivity index (χ4v) is 2.52. The molecule has 0 aliphatic carbocycles. The quantitative estimate of drug-likeness (QED) is 0.451. The Morgan fingerprint density at radius 3 is 1.78 bits per heavy atom. The molecule has 2 unspecified atom stereocenters. The number of nitrogens with zero attached hydrogens (tertiary/aromatic N) is 3. The first-order chi connectivity index (χ1) is 4.18. The Labute approximate surface area is 70.7 Å². The number of aromatic nitrogens is 3. The molecule has 0 amide bonds. The SMILES string of the molecule is Cc1nc([AsH2])nc([AsH2])n1. The third-order valence-corrected chi connectivity index (χ3v) is 1.87. The second-order valence-corrected chi connectivity index (χ2v) is 3.77. The molecule has 0 aliphatic rings. The summed E-state index contributed by atoms with van der Waals surface area (Å²) >= 11 is 2.89. The van der Waals surface area contributed by atoms with Crippen LogP contribution in [-0.2, 0) is 0 Å². The van der Waals surface area contributed by atoms with Crippen LogP contribution in [0.1, 0.15) is 5.82 Å². The average Bonchev–Trinajstić information content (AvgIpc) is 1.59. The van der Waals surface area contributed by atoms with Gasteiger partial charge in [-0.3, -0.25) is 0 Å². The third-order valence-electron chi connectivity index (χ3n) is 0.782. The summed E-state index contributed by atoms with van der Waals surface area (Å²) in [5, 5.41) is 0. The van der Waals surface area contributed by atoms with Crippen LogP contribution in [0.5, 0.6) is 0 Å². The van der Waals surface area contributed by atoms with Crippen LogP contribution in [0.4, 0.5) is 0 Å². The zero-order valence-corrected chi connectivity index (χ0v) is 9.84. The van der Waals surface area contributed by atoms with Crippen molar-refractivity contribution in [1.82, 2.24) is 15.0 Å². The molecule has 0 fully saturated rings. The van der Waals surface area contributed by atoms with Gasteiger partial charge in [0.2, 0.25) is 0 Å². The van der Waals surface area contributed by atoms with Gasteiger partial charge in [-0.05, 0) is 0 Å². The predicted molar refractivity (Wildman–Crippen MR) is 40.9 cm³/mol. The second kappa shape index (κ2) is 2.81. The van der Waals surface area contributed by atoms with E-state index >= 15 is 0 Å². The number of aryl methyl sites for hydroxylation is 1. The minimum atomic E-state index is 0.823. The van der Waals surface area contributed by atoms with Crippen molar-refractivity contribution in [3.05, 3.63) is 5.82 Å². The normalized spacial score (nSPS) is 9.67. The fourth-order valence-electron chi connectivity index (χ4n) is 0.524. The summed E-state index contributed by atoms with van der Waals surface area (Å²) in [5.74, 6) is 0.823. The van der Waals surface area contributed by atoms with E-state index in [1.807, 2.05) is 6.92 Å².